The fourth-order valence-corrected chi connectivity index (χ4v) is 8.42. The van der Waals surface area contributed by atoms with Crippen molar-refractivity contribution >= 4 is 65.2 Å². The molecule has 2 nitrogen and oxygen atoms in total. The van der Waals surface area contributed by atoms with E-state index in [4.69, 9.17) is 0 Å². The van der Waals surface area contributed by atoms with Crippen LogP contribution in [0.3, 0.4) is 0 Å². The Bertz CT molecular complexity index is 3160. The molecule has 0 radical (unpaired) electrons. The Kier molecular flexibility index (Phi) is 6.28. The summed E-state index contributed by atoms with van der Waals surface area (Å²) in [7, 11) is 0. The quantitative estimate of drug-likeness (QED) is 0.166. The summed E-state index contributed by atoms with van der Waals surface area (Å²) in [6, 6.07) is 71.0. The molecule has 0 N–H and O–H groups in total. The van der Waals surface area contributed by atoms with E-state index >= 15 is 0 Å². The summed E-state index contributed by atoms with van der Waals surface area (Å²) >= 11 is 0. The molecule has 0 aliphatic heterocycles. The van der Waals surface area contributed by atoms with Crippen LogP contribution in [-0.2, 0) is 0 Å². The van der Waals surface area contributed by atoms with E-state index in [0.29, 0.717) is 0 Å². The highest BCUT2D eigenvalue weighted by atomic mass is 15.0. The van der Waals surface area contributed by atoms with Gasteiger partial charge < -0.3 is 9.13 Å². The predicted molar refractivity (Wildman–Crippen MR) is 221 cm³/mol. The zero-order chi connectivity index (χ0) is 34.2. The Hall–Kier alpha value is -6.90. The van der Waals surface area contributed by atoms with Crippen molar-refractivity contribution in [2.75, 3.05) is 0 Å². The lowest BCUT2D eigenvalue weighted by Gasteiger charge is -2.11. The zero-order valence-corrected chi connectivity index (χ0v) is 28.4. The summed E-state index contributed by atoms with van der Waals surface area (Å²) in [5, 5.41) is 10.1. The van der Waals surface area contributed by atoms with E-state index < -0.39 is 0 Å². The van der Waals surface area contributed by atoms with E-state index in [9.17, 15) is 0 Å². The Morgan fingerprint density at radius 1 is 0.231 bits per heavy atom. The van der Waals surface area contributed by atoms with Gasteiger partial charge in [-0.15, -0.1) is 0 Å². The predicted octanol–water partition coefficient (Wildman–Crippen LogP) is 13.5. The smallest absolute Gasteiger partial charge is 0.0541 e. The lowest BCUT2D eigenvalue weighted by molar-refractivity contribution is 1.18. The number of aromatic nitrogens is 2. The van der Waals surface area contributed by atoms with Gasteiger partial charge in [-0.3, -0.25) is 0 Å². The average Bonchev–Trinajstić information content (AvgIpc) is 3.73. The van der Waals surface area contributed by atoms with Crippen LogP contribution in [-0.4, -0.2) is 9.13 Å². The van der Waals surface area contributed by atoms with Gasteiger partial charge in [0.1, 0.15) is 0 Å². The normalized spacial score (nSPS) is 11.8. The van der Waals surface area contributed by atoms with Crippen molar-refractivity contribution in [1.29, 1.82) is 0 Å². The maximum atomic E-state index is 2.43. The second-order valence-corrected chi connectivity index (χ2v) is 13.8. The van der Waals surface area contributed by atoms with Crippen molar-refractivity contribution in [3.8, 4) is 33.6 Å². The first kappa shape index (κ1) is 28.9. The summed E-state index contributed by atoms with van der Waals surface area (Å²) < 4.78 is 4.82. The summed E-state index contributed by atoms with van der Waals surface area (Å²) in [6.07, 6.45) is 0. The van der Waals surface area contributed by atoms with Crippen LogP contribution in [0.25, 0.3) is 98.8 Å². The van der Waals surface area contributed by atoms with Crippen LogP contribution in [0.5, 0.6) is 0 Å². The Morgan fingerprint density at radius 2 is 0.673 bits per heavy atom. The average molecular weight is 661 g/mol. The molecule has 0 amide bonds. The molecule has 0 aliphatic rings. The number of rotatable bonds is 4. The van der Waals surface area contributed by atoms with Crippen LogP contribution in [0.4, 0.5) is 0 Å². The van der Waals surface area contributed by atoms with Crippen molar-refractivity contribution in [2.24, 2.45) is 0 Å². The SMILES string of the molecule is c1ccc(-c2ccc(-n3c4ccccc4c4cc(-c5ccc6c(c5)c5ccccc5n6-c5ccc6ccc7ccccc7c6c5)ccc43)cc2)cc1. The minimum absolute atomic E-state index is 1.16. The number of nitrogens with zero attached hydrogens (tertiary/aromatic N) is 2. The molecule has 11 aromatic rings. The molecular weight excluding hydrogens is 629 g/mol. The fraction of sp³-hybridized carbons (Fsp3) is 0. The molecule has 0 bridgehead atoms. The third-order valence-electron chi connectivity index (χ3n) is 10.9. The van der Waals surface area contributed by atoms with Crippen LogP contribution in [0.15, 0.2) is 194 Å². The fourth-order valence-electron chi connectivity index (χ4n) is 8.42. The number of hydrogen-bond acceptors (Lipinski definition) is 0. The van der Waals surface area contributed by atoms with Crippen molar-refractivity contribution in [2.45, 2.75) is 0 Å². The minimum Gasteiger partial charge on any atom is -0.309 e. The summed E-state index contributed by atoms with van der Waals surface area (Å²) in [4.78, 5) is 0. The molecular formula is C50H32N2. The van der Waals surface area contributed by atoms with Crippen LogP contribution in [0.1, 0.15) is 0 Å². The highest BCUT2D eigenvalue weighted by Gasteiger charge is 2.16. The van der Waals surface area contributed by atoms with Crippen molar-refractivity contribution in [1.82, 2.24) is 9.13 Å². The van der Waals surface area contributed by atoms with Gasteiger partial charge in [-0.25, -0.2) is 0 Å². The maximum absolute atomic E-state index is 2.43. The number of benzene rings is 9. The van der Waals surface area contributed by atoms with Gasteiger partial charge >= 0.3 is 0 Å². The van der Waals surface area contributed by atoms with E-state index in [1.165, 1.54) is 93.1 Å². The van der Waals surface area contributed by atoms with Crippen LogP contribution < -0.4 is 0 Å². The molecule has 2 heteroatoms. The van der Waals surface area contributed by atoms with Crippen LogP contribution in [0, 0.1) is 0 Å². The second-order valence-electron chi connectivity index (χ2n) is 13.8. The molecule has 0 aliphatic carbocycles. The number of para-hydroxylation sites is 2. The van der Waals surface area contributed by atoms with Gasteiger partial charge in [-0.05, 0) is 104 Å². The molecule has 0 unspecified atom stereocenters. The molecule has 52 heavy (non-hydrogen) atoms. The lowest BCUT2D eigenvalue weighted by Crippen LogP contribution is -1.94. The maximum Gasteiger partial charge on any atom is 0.0541 e. The van der Waals surface area contributed by atoms with Gasteiger partial charge in [-0.2, -0.15) is 0 Å². The Balaban J connectivity index is 1.06. The first-order valence-electron chi connectivity index (χ1n) is 17.9. The molecule has 0 atom stereocenters. The van der Waals surface area contributed by atoms with Gasteiger partial charge in [0.25, 0.3) is 0 Å². The van der Waals surface area contributed by atoms with Gasteiger partial charge in [0.2, 0.25) is 0 Å². The second kappa shape index (κ2) is 11.3. The topological polar surface area (TPSA) is 9.86 Å². The number of hydrogen-bond donors (Lipinski definition) is 0. The van der Waals surface area contributed by atoms with E-state index in [1.54, 1.807) is 0 Å². The van der Waals surface area contributed by atoms with Crippen molar-refractivity contribution < 1.29 is 0 Å². The first-order chi connectivity index (χ1) is 25.8. The number of fused-ring (bicyclic) bond motifs is 9. The zero-order valence-electron chi connectivity index (χ0n) is 28.4. The highest BCUT2D eigenvalue weighted by molar-refractivity contribution is 6.13. The molecule has 0 spiro atoms. The van der Waals surface area contributed by atoms with E-state index in [1.807, 2.05) is 0 Å². The van der Waals surface area contributed by atoms with E-state index in [-0.39, 0.29) is 0 Å². The summed E-state index contributed by atoms with van der Waals surface area (Å²) in [5.74, 6) is 0. The molecule has 242 valence electrons. The van der Waals surface area contributed by atoms with E-state index in [2.05, 4.69) is 203 Å². The van der Waals surface area contributed by atoms with Crippen molar-refractivity contribution in [3.63, 3.8) is 0 Å². The van der Waals surface area contributed by atoms with Crippen molar-refractivity contribution in [3.05, 3.63) is 194 Å². The third kappa shape index (κ3) is 4.38. The molecule has 2 aromatic heterocycles. The molecule has 9 aromatic carbocycles. The Morgan fingerprint density at radius 3 is 1.33 bits per heavy atom. The third-order valence-corrected chi connectivity index (χ3v) is 10.9. The molecule has 2 heterocycles. The van der Waals surface area contributed by atoms with Gasteiger partial charge in [-0.1, -0.05) is 133 Å². The van der Waals surface area contributed by atoms with Gasteiger partial charge in [0, 0.05) is 32.9 Å². The largest absolute Gasteiger partial charge is 0.309 e. The minimum atomic E-state index is 1.16. The summed E-state index contributed by atoms with van der Waals surface area (Å²) in [5.41, 5.74) is 12.1. The molecule has 11 rings (SSSR count). The highest BCUT2D eigenvalue weighted by Crippen LogP contribution is 2.39. The monoisotopic (exact) mass is 660 g/mol. The molecule has 0 saturated carbocycles. The molecule has 0 saturated heterocycles. The van der Waals surface area contributed by atoms with Crippen LogP contribution in [0.2, 0.25) is 0 Å². The first-order valence-corrected chi connectivity index (χ1v) is 17.9. The molecule has 0 fully saturated rings. The van der Waals surface area contributed by atoms with E-state index in [0.717, 1.165) is 5.69 Å². The van der Waals surface area contributed by atoms with Gasteiger partial charge in [0.05, 0.1) is 22.1 Å². The van der Waals surface area contributed by atoms with Crippen LogP contribution >= 0.6 is 0 Å². The standard InChI is InChI=1S/C50H32N2/c1-2-10-33(11-3-1)34-20-25-39(26-21-34)51-47-16-8-6-14-42(47)45-30-37(23-28-49(45)51)38-24-29-50-46(31-38)43-15-7-9-17-48(43)52(50)40-27-22-36-19-18-35-12-4-5-13-41(35)44(36)32-40/h1-32H. The Labute approximate surface area is 301 Å². The van der Waals surface area contributed by atoms with Gasteiger partial charge in [0.15, 0.2) is 0 Å². The summed E-state index contributed by atoms with van der Waals surface area (Å²) in [6.45, 7) is 0. The lowest BCUT2D eigenvalue weighted by atomic mass is 10.0.